The van der Waals surface area contributed by atoms with Crippen molar-refractivity contribution in [2.24, 2.45) is 7.05 Å². The van der Waals surface area contributed by atoms with Crippen LogP contribution in [-0.4, -0.2) is 16.9 Å². The highest BCUT2D eigenvalue weighted by atomic mass is 35.5. The third kappa shape index (κ3) is 2.91. The van der Waals surface area contributed by atoms with E-state index in [4.69, 9.17) is 16.3 Å². The summed E-state index contributed by atoms with van der Waals surface area (Å²) in [6, 6.07) is 5.74. The van der Waals surface area contributed by atoms with Crippen LogP contribution in [0, 0.1) is 0 Å². The number of ether oxygens (including phenoxy) is 1. The third-order valence-electron chi connectivity index (χ3n) is 2.42. The van der Waals surface area contributed by atoms with Crippen LogP contribution in [0.25, 0.3) is 0 Å². The van der Waals surface area contributed by atoms with Gasteiger partial charge in [-0.05, 0) is 17.7 Å². The molecule has 0 unspecified atom stereocenters. The Labute approximate surface area is 105 Å². The SMILES string of the molecule is COc1ccc(CNc2cnn(C)c2)cc1Cl. The van der Waals surface area contributed by atoms with E-state index in [1.54, 1.807) is 18.0 Å². The fourth-order valence-electron chi connectivity index (χ4n) is 1.54. The van der Waals surface area contributed by atoms with E-state index in [1.165, 1.54) is 0 Å². The van der Waals surface area contributed by atoms with Crippen molar-refractivity contribution in [1.82, 2.24) is 9.78 Å². The first-order chi connectivity index (χ1) is 8.19. The molecule has 1 aromatic carbocycles. The summed E-state index contributed by atoms with van der Waals surface area (Å²) >= 11 is 6.05. The van der Waals surface area contributed by atoms with Gasteiger partial charge in [0.15, 0.2) is 0 Å². The molecule has 0 bridgehead atoms. The Morgan fingerprint density at radius 1 is 1.47 bits per heavy atom. The van der Waals surface area contributed by atoms with Gasteiger partial charge in [0.05, 0.1) is 24.0 Å². The summed E-state index contributed by atoms with van der Waals surface area (Å²) < 4.78 is 6.85. The van der Waals surface area contributed by atoms with Crippen molar-refractivity contribution in [1.29, 1.82) is 0 Å². The van der Waals surface area contributed by atoms with Crippen LogP contribution in [0.15, 0.2) is 30.6 Å². The lowest BCUT2D eigenvalue weighted by Crippen LogP contribution is -1.98. The van der Waals surface area contributed by atoms with Crippen molar-refractivity contribution < 1.29 is 4.74 Å². The Hall–Kier alpha value is -1.68. The number of aromatic nitrogens is 2. The van der Waals surface area contributed by atoms with E-state index in [-0.39, 0.29) is 0 Å². The average molecular weight is 252 g/mol. The lowest BCUT2D eigenvalue weighted by Gasteiger charge is -2.07. The predicted octanol–water partition coefficient (Wildman–Crippen LogP) is 2.69. The zero-order chi connectivity index (χ0) is 12.3. The molecule has 0 fully saturated rings. The van der Waals surface area contributed by atoms with Crippen LogP contribution >= 0.6 is 11.6 Å². The van der Waals surface area contributed by atoms with Gasteiger partial charge in [0.1, 0.15) is 5.75 Å². The normalized spacial score (nSPS) is 10.3. The monoisotopic (exact) mass is 251 g/mol. The van der Waals surface area contributed by atoms with Crippen LogP contribution in [0.5, 0.6) is 5.75 Å². The zero-order valence-corrected chi connectivity index (χ0v) is 10.5. The maximum Gasteiger partial charge on any atom is 0.137 e. The highest BCUT2D eigenvalue weighted by Gasteiger charge is 2.02. The molecule has 0 amide bonds. The molecule has 4 nitrogen and oxygen atoms in total. The second-order valence-corrected chi connectivity index (χ2v) is 4.13. The Morgan fingerprint density at radius 3 is 2.88 bits per heavy atom. The molecule has 0 saturated heterocycles. The smallest absolute Gasteiger partial charge is 0.137 e. The van der Waals surface area contributed by atoms with E-state index in [9.17, 15) is 0 Å². The first-order valence-electron chi connectivity index (χ1n) is 5.24. The van der Waals surface area contributed by atoms with Crippen molar-refractivity contribution in [2.75, 3.05) is 12.4 Å². The topological polar surface area (TPSA) is 39.1 Å². The highest BCUT2D eigenvalue weighted by molar-refractivity contribution is 6.32. The van der Waals surface area contributed by atoms with Gasteiger partial charge in [0.25, 0.3) is 0 Å². The highest BCUT2D eigenvalue weighted by Crippen LogP contribution is 2.25. The summed E-state index contributed by atoms with van der Waals surface area (Å²) in [4.78, 5) is 0. The molecule has 1 aromatic heterocycles. The minimum absolute atomic E-state index is 0.623. The van der Waals surface area contributed by atoms with Crippen LogP contribution in [0.1, 0.15) is 5.56 Å². The van der Waals surface area contributed by atoms with Gasteiger partial charge in [-0.15, -0.1) is 0 Å². The van der Waals surface area contributed by atoms with E-state index >= 15 is 0 Å². The van der Waals surface area contributed by atoms with Crippen molar-refractivity contribution >= 4 is 17.3 Å². The molecule has 1 heterocycles. The number of anilines is 1. The Bertz CT molecular complexity index is 510. The molecule has 0 atom stereocenters. The van der Waals surface area contributed by atoms with E-state index in [0.29, 0.717) is 17.3 Å². The summed E-state index contributed by atoms with van der Waals surface area (Å²) in [6.07, 6.45) is 3.70. The summed E-state index contributed by atoms with van der Waals surface area (Å²) in [7, 11) is 3.49. The van der Waals surface area contributed by atoms with Crippen LogP contribution in [0.2, 0.25) is 5.02 Å². The second kappa shape index (κ2) is 5.10. The fraction of sp³-hybridized carbons (Fsp3) is 0.250. The minimum atomic E-state index is 0.623. The zero-order valence-electron chi connectivity index (χ0n) is 9.77. The molecule has 0 spiro atoms. The van der Waals surface area contributed by atoms with Crippen molar-refractivity contribution in [3.8, 4) is 5.75 Å². The van der Waals surface area contributed by atoms with E-state index in [0.717, 1.165) is 11.3 Å². The molecule has 1 N–H and O–H groups in total. The molecular formula is C12H14ClN3O. The van der Waals surface area contributed by atoms with Crippen molar-refractivity contribution in [2.45, 2.75) is 6.54 Å². The second-order valence-electron chi connectivity index (χ2n) is 3.73. The number of hydrogen-bond donors (Lipinski definition) is 1. The van der Waals surface area contributed by atoms with Gasteiger partial charge < -0.3 is 10.1 Å². The van der Waals surface area contributed by atoms with Gasteiger partial charge in [-0.25, -0.2) is 0 Å². The number of halogens is 1. The van der Waals surface area contributed by atoms with Crippen molar-refractivity contribution in [3.63, 3.8) is 0 Å². The number of hydrogen-bond acceptors (Lipinski definition) is 3. The molecule has 90 valence electrons. The van der Waals surface area contributed by atoms with Gasteiger partial charge in [-0.2, -0.15) is 5.10 Å². The molecule has 0 saturated carbocycles. The molecule has 0 aliphatic heterocycles. The quantitative estimate of drug-likeness (QED) is 0.908. The molecule has 0 radical (unpaired) electrons. The minimum Gasteiger partial charge on any atom is -0.495 e. The molecule has 0 aliphatic rings. The first kappa shape index (κ1) is 11.8. The lowest BCUT2D eigenvalue weighted by molar-refractivity contribution is 0.415. The lowest BCUT2D eigenvalue weighted by atomic mass is 10.2. The van der Waals surface area contributed by atoms with Gasteiger partial charge in [0, 0.05) is 19.8 Å². The average Bonchev–Trinajstić information content (AvgIpc) is 2.73. The largest absolute Gasteiger partial charge is 0.495 e. The van der Waals surface area contributed by atoms with Gasteiger partial charge in [-0.3, -0.25) is 4.68 Å². The molecule has 2 aromatic rings. The van der Waals surface area contributed by atoms with Crippen LogP contribution in [-0.2, 0) is 13.6 Å². The number of methoxy groups -OCH3 is 1. The van der Waals surface area contributed by atoms with Crippen LogP contribution in [0.3, 0.4) is 0 Å². The van der Waals surface area contributed by atoms with E-state index in [2.05, 4.69) is 10.4 Å². The predicted molar refractivity (Wildman–Crippen MR) is 68.5 cm³/mol. The van der Waals surface area contributed by atoms with E-state index in [1.807, 2.05) is 31.4 Å². The Kier molecular flexibility index (Phi) is 3.54. The summed E-state index contributed by atoms with van der Waals surface area (Å²) in [5.74, 6) is 0.691. The molecule has 2 rings (SSSR count). The van der Waals surface area contributed by atoms with Gasteiger partial charge >= 0.3 is 0 Å². The summed E-state index contributed by atoms with van der Waals surface area (Å²) in [6.45, 7) is 0.704. The maximum atomic E-state index is 6.05. The Balaban J connectivity index is 2.02. The van der Waals surface area contributed by atoms with Crippen LogP contribution < -0.4 is 10.1 Å². The maximum absolute atomic E-state index is 6.05. The van der Waals surface area contributed by atoms with E-state index < -0.39 is 0 Å². The standard InChI is InChI=1S/C12H14ClN3O/c1-16-8-10(7-15-16)14-6-9-3-4-12(17-2)11(13)5-9/h3-5,7-8,14H,6H2,1-2H3. The number of nitrogens with one attached hydrogen (secondary N) is 1. The van der Waals surface area contributed by atoms with Crippen molar-refractivity contribution in [3.05, 3.63) is 41.2 Å². The molecule has 0 aliphatic carbocycles. The molecule has 17 heavy (non-hydrogen) atoms. The van der Waals surface area contributed by atoms with Crippen LogP contribution in [0.4, 0.5) is 5.69 Å². The first-order valence-corrected chi connectivity index (χ1v) is 5.62. The Morgan fingerprint density at radius 2 is 2.29 bits per heavy atom. The number of aryl methyl sites for hydroxylation is 1. The number of rotatable bonds is 4. The summed E-state index contributed by atoms with van der Waals surface area (Å²) in [5.41, 5.74) is 2.08. The number of nitrogens with zero attached hydrogens (tertiary/aromatic N) is 2. The van der Waals surface area contributed by atoms with Gasteiger partial charge in [0.2, 0.25) is 0 Å². The number of benzene rings is 1. The summed E-state index contributed by atoms with van der Waals surface area (Å²) in [5, 5.41) is 7.97. The molecule has 5 heteroatoms. The molecular weight excluding hydrogens is 238 g/mol. The van der Waals surface area contributed by atoms with Gasteiger partial charge in [-0.1, -0.05) is 17.7 Å². The fourth-order valence-corrected chi connectivity index (χ4v) is 1.82. The third-order valence-corrected chi connectivity index (χ3v) is 2.71.